The Hall–Kier alpha value is -4.00. The first-order chi connectivity index (χ1) is 22.6. The predicted octanol–water partition coefficient (Wildman–Crippen LogP) is 4.18. The standard InChI is InChI=1S/C30H29F5N4O8S/c1-44-19-3-2-15-23(48-26(37-15)39-9-4-17(40)18(41)12-39)22(19)25(43)36-16-11-21-20(46-30(34,35)47-21)10-14(16)24(42)38-27-5-7-28(8-6-27,45-13-27)29(31,32)33/h2-3,10-11,17-18,40-41H,4-9,12-13H2,1H3,(H,36,43)(H,38,42)/t17-,18+,27?,28?/m0/s1. The summed E-state index contributed by atoms with van der Waals surface area (Å²) < 4.78 is 89.3. The number of aromatic nitrogens is 1. The molecule has 3 saturated heterocycles. The number of thiazole rings is 1. The van der Waals surface area contributed by atoms with Crippen molar-refractivity contribution >= 4 is 44.2 Å². The van der Waals surface area contributed by atoms with Gasteiger partial charge in [-0.25, -0.2) is 4.98 Å². The molecule has 4 aliphatic heterocycles. The van der Waals surface area contributed by atoms with E-state index in [1.54, 1.807) is 11.0 Å². The number of piperidine rings is 1. The molecule has 0 spiro atoms. The van der Waals surface area contributed by atoms with Crippen molar-refractivity contribution in [3.8, 4) is 17.2 Å². The average Bonchev–Trinajstić information content (AvgIpc) is 3.60. The quantitative estimate of drug-likeness (QED) is 0.276. The maximum Gasteiger partial charge on any atom is 0.586 e. The molecule has 1 aromatic heterocycles. The van der Waals surface area contributed by atoms with Gasteiger partial charge in [0.2, 0.25) is 0 Å². The van der Waals surface area contributed by atoms with Gasteiger partial charge in [-0.05, 0) is 50.3 Å². The number of alkyl halides is 5. The highest BCUT2D eigenvalue weighted by Crippen LogP contribution is 2.52. The van der Waals surface area contributed by atoms with Crippen LogP contribution < -0.4 is 29.7 Å². The van der Waals surface area contributed by atoms with Crippen LogP contribution in [0.3, 0.4) is 0 Å². The first-order valence-corrected chi connectivity index (χ1v) is 15.8. The van der Waals surface area contributed by atoms with Crippen LogP contribution in [0.25, 0.3) is 10.2 Å². The van der Waals surface area contributed by atoms with E-state index in [0.29, 0.717) is 28.3 Å². The minimum atomic E-state index is -4.58. The number of benzene rings is 2. The Morgan fingerprint density at radius 3 is 2.40 bits per heavy atom. The van der Waals surface area contributed by atoms with Gasteiger partial charge in [-0.3, -0.25) is 9.59 Å². The number of aliphatic hydroxyl groups excluding tert-OH is 2. The van der Waals surface area contributed by atoms with Gasteiger partial charge >= 0.3 is 12.5 Å². The normalized spacial score (nSPS) is 27.6. The molecule has 2 aromatic carbocycles. The molecule has 2 amide bonds. The third-order valence-electron chi connectivity index (χ3n) is 9.34. The number of nitrogens with zero attached hydrogens (tertiary/aromatic N) is 2. The van der Waals surface area contributed by atoms with Crippen LogP contribution in [0.2, 0.25) is 0 Å². The molecule has 1 aliphatic carbocycles. The summed E-state index contributed by atoms with van der Waals surface area (Å²) in [5, 5.41) is 25.9. The van der Waals surface area contributed by atoms with E-state index in [0.717, 1.165) is 23.5 Å². The van der Waals surface area contributed by atoms with E-state index < -0.39 is 65.7 Å². The Kier molecular flexibility index (Phi) is 7.65. The number of fused-ring (bicyclic) bond motifs is 5. The van der Waals surface area contributed by atoms with Crippen molar-refractivity contribution in [1.82, 2.24) is 10.3 Å². The number of rotatable bonds is 6. The van der Waals surface area contributed by atoms with Crippen LogP contribution in [-0.4, -0.2) is 89.6 Å². The Labute approximate surface area is 272 Å². The second-order valence-electron chi connectivity index (χ2n) is 12.3. The molecule has 12 nitrogen and oxygen atoms in total. The zero-order valence-corrected chi connectivity index (χ0v) is 26.0. The molecular weight excluding hydrogens is 671 g/mol. The van der Waals surface area contributed by atoms with Crippen molar-refractivity contribution in [3.05, 3.63) is 35.4 Å². The van der Waals surface area contributed by atoms with Crippen molar-refractivity contribution in [2.45, 2.75) is 67.9 Å². The summed E-state index contributed by atoms with van der Waals surface area (Å²) in [6, 6.07) is 5.10. The van der Waals surface area contributed by atoms with E-state index >= 15 is 0 Å². The fourth-order valence-corrected chi connectivity index (χ4v) is 7.71. The van der Waals surface area contributed by atoms with E-state index in [9.17, 15) is 41.8 Å². The van der Waals surface area contributed by atoms with Crippen LogP contribution in [0.5, 0.6) is 17.2 Å². The van der Waals surface area contributed by atoms with Gasteiger partial charge in [-0.2, -0.15) is 13.2 Å². The highest BCUT2D eigenvalue weighted by Gasteiger charge is 2.63. The molecule has 4 N–H and O–H groups in total. The van der Waals surface area contributed by atoms with E-state index in [1.165, 1.54) is 13.2 Å². The number of halogens is 5. The SMILES string of the molecule is COc1ccc2nc(N3CC[C@H](O)[C@H](O)C3)sc2c1C(=O)Nc1cc2c(cc1C(=O)NC13CCC(C(F)(F)F)(CC1)OC3)OC(F)(F)O2. The molecular formula is C30H29F5N4O8S. The first-order valence-electron chi connectivity index (χ1n) is 15.0. The molecule has 2 atom stereocenters. The van der Waals surface area contributed by atoms with E-state index in [1.807, 2.05) is 0 Å². The lowest BCUT2D eigenvalue weighted by Crippen LogP contribution is -2.66. The number of β-amino-alcohol motifs (C(OH)–C–C–N with tert-alkyl or cyclic N) is 1. The topological polar surface area (TPSA) is 152 Å². The van der Waals surface area contributed by atoms with Crippen molar-refractivity contribution < 1.29 is 60.7 Å². The number of anilines is 2. The van der Waals surface area contributed by atoms with Crippen LogP contribution in [0.1, 0.15) is 52.8 Å². The van der Waals surface area contributed by atoms with Crippen LogP contribution in [-0.2, 0) is 4.74 Å². The number of amides is 2. The molecule has 5 aliphatic rings. The van der Waals surface area contributed by atoms with Gasteiger partial charge in [0.25, 0.3) is 11.8 Å². The van der Waals surface area contributed by atoms with Crippen molar-refractivity contribution in [1.29, 1.82) is 0 Å². The molecule has 48 heavy (non-hydrogen) atoms. The fraction of sp³-hybridized carbons (Fsp3) is 0.500. The molecule has 4 fully saturated rings. The van der Waals surface area contributed by atoms with Gasteiger partial charge < -0.3 is 44.7 Å². The van der Waals surface area contributed by atoms with Crippen molar-refractivity contribution in [2.24, 2.45) is 0 Å². The summed E-state index contributed by atoms with van der Waals surface area (Å²) in [7, 11) is 1.34. The third kappa shape index (κ3) is 5.53. The summed E-state index contributed by atoms with van der Waals surface area (Å²) >= 11 is 1.13. The maximum atomic E-state index is 14.0. The summed E-state index contributed by atoms with van der Waals surface area (Å²) in [6.45, 7) is 0.104. The van der Waals surface area contributed by atoms with Crippen molar-refractivity contribution in [3.63, 3.8) is 0 Å². The summed E-state index contributed by atoms with van der Waals surface area (Å²) in [6.07, 6.45) is -11.0. The maximum absolute atomic E-state index is 14.0. The molecule has 5 heterocycles. The van der Waals surface area contributed by atoms with Crippen LogP contribution in [0.15, 0.2) is 24.3 Å². The number of aliphatic hydroxyl groups is 2. The number of carbonyl (C=O) groups excluding carboxylic acids is 2. The molecule has 258 valence electrons. The van der Waals surface area contributed by atoms with Crippen LogP contribution >= 0.6 is 11.3 Å². The monoisotopic (exact) mass is 700 g/mol. The van der Waals surface area contributed by atoms with E-state index in [4.69, 9.17) is 9.47 Å². The smallest absolute Gasteiger partial charge is 0.496 e. The summed E-state index contributed by atoms with van der Waals surface area (Å²) in [4.78, 5) is 34.1. The van der Waals surface area contributed by atoms with Crippen LogP contribution in [0, 0.1) is 0 Å². The summed E-state index contributed by atoms with van der Waals surface area (Å²) in [5.41, 5.74) is -3.57. The number of ether oxygens (including phenoxy) is 4. The fourth-order valence-electron chi connectivity index (χ4n) is 6.58. The minimum absolute atomic E-state index is 0.0146. The molecule has 0 radical (unpaired) electrons. The lowest BCUT2D eigenvalue weighted by Gasteiger charge is -2.53. The van der Waals surface area contributed by atoms with Gasteiger partial charge in [0.05, 0.1) is 52.9 Å². The largest absolute Gasteiger partial charge is 0.586 e. The zero-order valence-electron chi connectivity index (χ0n) is 25.2. The highest BCUT2D eigenvalue weighted by atomic mass is 32.1. The Morgan fingerprint density at radius 1 is 1.06 bits per heavy atom. The Morgan fingerprint density at radius 2 is 1.77 bits per heavy atom. The third-order valence-corrected chi connectivity index (χ3v) is 10.5. The Balaban J connectivity index is 1.20. The highest BCUT2D eigenvalue weighted by molar-refractivity contribution is 7.22. The second kappa shape index (κ2) is 11.3. The summed E-state index contributed by atoms with van der Waals surface area (Å²) in [5.74, 6) is -2.48. The van der Waals surface area contributed by atoms with E-state index in [-0.39, 0.29) is 54.8 Å². The zero-order chi connectivity index (χ0) is 34.2. The predicted molar refractivity (Wildman–Crippen MR) is 159 cm³/mol. The number of hydrogen-bond donors (Lipinski definition) is 4. The number of carbonyl (C=O) groups is 2. The molecule has 18 heteroatoms. The second-order valence-corrected chi connectivity index (χ2v) is 13.3. The van der Waals surface area contributed by atoms with Crippen molar-refractivity contribution in [2.75, 3.05) is 37.0 Å². The first kappa shape index (κ1) is 32.5. The van der Waals surface area contributed by atoms with Gasteiger partial charge in [0.15, 0.2) is 22.2 Å². The molecule has 2 bridgehead atoms. The average molecular weight is 701 g/mol. The molecule has 1 saturated carbocycles. The van der Waals surface area contributed by atoms with Gasteiger partial charge in [0.1, 0.15) is 11.3 Å². The number of hydrogen-bond acceptors (Lipinski definition) is 11. The number of nitrogens with one attached hydrogen (secondary N) is 2. The molecule has 8 rings (SSSR count). The van der Waals surface area contributed by atoms with E-state index in [2.05, 4.69) is 25.1 Å². The van der Waals surface area contributed by atoms with Crippen LogP contribution in [0.4, 0.5) is 32.8 Å². The molecule has 0 unspecified atom stereocenters. The Bertz CT molecular complexity index is 1780. The number of methoxy groups -OCH3 is 1. The van der Waals surface area contributed by atoms with Gasteiger partial charge in [0, 0.05) is 19.2 Å². The molecule has 3 aromatic rings. The lowest BCUT2D eigenvalue weighted by atomic mass is 9.70. The minimum Gasteiger partial charge on any atom is -0.496 e. The lowest BCUT2D eigenvalue weighted by molar-refractivity contribution is -0.317. The van der Waals surface area contributed by atoms with Gasteiger partial charge in [-0.1, -0.05) is 11.3 Å². The van der Waals surface area contributed by atoms with Gasteiger partial charge in [-0.15, -0.1) is 8.78 Å².